The van der Waals surface area contributed by atoms with E-state index in [4.69, 9.17) is 11.6 Å². The topological polar surface area (TPSA) is 86.6 Å². The normalized spacial score (nSPS) is 12.0. The van der Waals surface area contributed by atoms with Crippen molar-refractivity contribution in [2.24, 2.45) is 4.99 Å². The molecule has 0 saturated heterocycles. The van der Waals surface area contributed by atoms with Crippen LogP contribution >= 0.6 is 11.6 Å². The summed E-state index contributed by atoms with van der Waals surface area (Å²) in [6.45, 7) is 5.64. The molecule has 0 radical (unpaired) electrons. The van der Waals surface area contributed by atoms with Crippen LogP contribution < -0.4 is 10.6 Å². The van der Waals surface area contributed by atoms with E-state index in [1.807, 2.05) is 20.8 Å². The van der Waals surface area contributed by atoms with Crippen LogP contribution in [0.1, 0.15) is 31.1 Å². The summed E-state index contributed by atoms with van der Waals surface area (Å²) in [5.74, 6) is -1.12. The van der Waals surface area contributed by atoms with Gasteiger partial charge < -0.3 is 15.7 Å². The first-order valence-electron chi connectivity index (χ1n) is 7.43. The Morgan fingerprint density at radius 1 is 1.28 bits per heavy atom. The maximum Gasteiger partial charge on any atom is 0.280 e. The number of pyridine rings is 1. The Hall–Kier alpha value is -2.67. The maximum atomic E-state index is 13.5. The van der Waals surface area contributed by atoms with Crippen LogP contribution in [0, 0.1) is 5.82 Å². The van der Waals surface area contributed by atoms with Crippen molar-refractivity contribution in [3.05, 3.63) is 52.8 Å². The number of halogens is 2. The zero-order valence-electron chi connectivity index (χ0n) is 14.0. The summed E-state index contributed by atoms with van der Waals surface area (Å²) in [4.78, 5) is 20.2. The summed E-state index contributed by atoms with van der Waals surface area (Å²) < 4.78 is 13.5. The molecule has 0 saturated carbocycles. The van der Waals surface area contributed by atoms with E-state index in [1.54, 1.807) is 12.1 Å². The van der Waals surface area contributed by atoms with Gasteiger partial charge in [0, 0.05) is 17.2 Å². The Morgan fingerprint density at radius 2 is 2.00 bits per heavy atom. The molecule has 0 aliphatic heterocycles. The van der Waals surface area contributed by atoms with E-state index in [1.165, 1.54) is 18.2 Å². The minimum absolute atomic E-state index is 0.0563. The Kier molecular flexibility index (Phi) is 5.58. The number of benzene rings is 1. The van der Waals surface area contributed by atoms with Gasteiger partial charge in [0.2, 0.25) is 11.8 Å². The van der Waals surface area contributed by atoms with E-state index in [0.29, 0.717) is 5.82 Å². The lowest BCUT2D eigenvalue weighted by Gasteiger charge is -2.23. The molecule has 2 rings (SSSR count). The summed E-state index contributed by atoms with van der Waals surface area (Å²) in [5, 5.41) is 15.2. The van der Waals surface area contributed by atoms with E-state index in [2.05, 4.69) is 20.6 Å². The molecular weight excluding hydrogens is 347 g/mol. The number of carbonyl (C=O) groups is 1. The van der Waals surface area contributed by atoms with Gasteiger partial charge in [-0.05, 0) is 45.0 Å². The standard InChI is InChI=1S/C17H18ClFN4O2/c1-17(2,3)23-16(21-13-5-4-6-14(24)20-13)22-15(25)10-7-8-11(18)12(19)9-10/h4-9H,1-3H3,(H3,20,21,22,23,24,25). The first-order valence-corrected chi connectivity index (χ1v) is 7.81. The van der Waals surface area contributed by atoms with E-state index in [0.717, 1.165) is 6.07 Å². The minimum atomic E-state index is -0.698. The molecule has 132 valence electrons. The molecule has 0 fully saturated rings. The van der Waals surface area contributed by atoms with E-state index >= 15 is 0 Å². The SMILES string of the molecule is CC(C)(C)N/C(=N\C(=O)c1ccc(Cl)c(F)c1)Nc1cccc(O)n1. The number of nitrogens with zero attached hydrogens (tertiary/aromatic N) is 2. The third kappa shape index (κ3) is 5.72. The fourth-order valence-electron chi connectivity index (χ4n) is 1.85. The van der Waals surface area contributed by atoms with Crippen molar-refractivity contribution in [3.63, 3.8) is 0 Å². The molecule has 1 aromatic heterocycles. The molecule has 0 unspecified atom stereocenters. The highest BCUT2D eigenvalue weighted by molar-refractivity contribution is 6.30. The molecule has 0 aliphatic rings. The van der Waals surface area contributed by atoms with Crippen LogP contribution in [-0.2, 0) is 0 Å². The second kappa shape index (κ2) is 7.48. The zero-order chi connectivity index (χ0) is 18.6. The highest BCUT2D eigenvalue weighted by Crippen LogP contribution is 2.16. The van der Waals surface area contributed by atoms with Crippen molar-refractivity contribution < 1.29 is 14.3 Å². The highest BCUT2D eigenvalue weighted by atomic mass is 35.5. The van der Waals surface area contributed by atoms with Crippen LogP contribution in [0.5, 0.6) is 5.88 Å². The lowest BCUT2D eigenvalue weighted by molar-refractivity contribution is 0.100. The Balaban J connectivity index is 2.31. The number of anilines is 1. The Labute approximate surface area is 149 Å². The molecule has 1 aromatic carbocycles. The van der Waals surface area contributed by atoms with Gasteiger partial charge in [-0.1, -0.05) is 17.7 Å². The quantitative estimate of drug-likeness (QED) is 0.560. The molecule has 6 nitrogen and oxygen atoms in total. The second-order valence-corrected chi connectivity index (χ2v) is 6.68. The smallest absolute Gasteiger partial charge is 0.280 e. The number of guanidine groups is 1. The van der Waals surface area contributed by atoms with Crippen molar-refractivity contribution >= 4 is 29.3 Å². The molecule has 0 aliphatic carbocycles. The number of carbonyl (C=O) groups excluding carboxylic acids is 1. The van der Waals surface area contributed by atoms with Gasteiger partial charge in [-0.25, -0.2) is 4.39 Å². The van der Waals surface area contributed by atoms with E-state index < -0.39 is 17.3 Å². The fraction of sp³-hybridized carbons (Fsp3) is 0.235. The van der Waals surface area contributed by atoms with Crippen molar-refractivity contribution in [1.29, 1.82) is 0 Å². The number of nitrogens with one attached hydrogen (secondary N) is 2. The van der Waals surface area contributed by atoms with Crippen LogP contribution in [0.25, 0.3) is 0 Å². The lowest BCUT2D eigenvalue weighted by Crippen LogP contribution is -2.44. The molecule has 25 heavy (non-hydrogen) atoms. The fourth-order valence-corrected chi connectivity index (χ4v) is 1.97. The molecule has 1 amide bonds. The van der Waals surface area contributed by atoms with Crippen LogP contribution in [0.3, 0.4) is 0 Å². The van der Waals surface area contributed by atoms with Crippen molar-refractivity contribution in [3.8, 4) is 5.88 Å². The average Bonchev–Trinajstić information content (AvgIpc) is 2.48. The van der Waals surface area contributed by atoms with Crippen LogP contribution in [0.15, 0.2) is 41.4 Å². The van der Waals surface area contributed by atoms with Crippen LogP contribution in [0.4, 0.5) is 10.2 Å². The number of aliphatic imine (C=N–C) groups is 1. The highest BCUT2D eigenvalue weighted by Gasteiger charge is 2.16. The number of hydrogen-bond acceptors (Lipinski definition) is 3. The predicted molar refractivity (Wildman–Crippen MR) is 95.6 cm³/mol. The average molecular weight is 365 g/mol. The number of hydrogen-bond donors (Lipinski definition) is 3. The van der Waals surface area contributed by atoms with Crippen molar-refractivity contribution in [1.82, 2.24) is 10.3 Å². The predicted octanol–water partition coefficient (Wildman–Crippen LogP) is 3.58. The monoisotopic (exact) mass is 364 g/mol. The number of aromatic nitrogens is 1. The molecule has 2 aromatic rings. The van der Waals surface area contributed by atoms with Gasteiger partial charge in [-0.15, -0.1) is 0 Å². The van der Waals surface area contributed by atoms with Gasteiger partial charge in [0.15, 0.2) is 0 Å². The number of amides is 1. The summed E-state index contributed by atoms with van der Waals surface area (Å²) in [6, 6.07) is 8.32. The van der Waals surface area contributed by atoms with E-state index in [-0.39, 0.29) is 22.4 Å². The minimum Gasteiger partial charge on any atom is -0.493 e. The molecule has 0 atom stereocenters. The molecule has 1 heterocycles. The molecule has 0 bridgehead atoms. The van der Waals surface area contributed by atoms with Gasteiger partial charge in [0.05, 0.1) is 5.02 Å². The number of aromatic hydroxyl groups is 1. The summed E-state index contributed by atoms with van der Waals surface area (Å²) >= 11 is 5.62. The van der Waals surface area contributed by atoms with Crippen LogP contribution in [-0.4, -0.2) is 27.5 Å². The Bertz CT molecular complexity index is 819. The maximum absolute atomic E-state index is 13.5. The third-order valence-corrected chi connectivity index (χ3v) is 3.16. The summed E-state index contributed by atoms with van der Waals surface area (Å²) in [5.41, 5.74) is -0.352. The molecule has 3 N–H and O–H groups in total. The van der Waals surface area contributed by atoms with Crippen LogP contribution in [0.2, 0.25) is 5.02 Å². The molecule has 8 heteroatoms. The van der Waals surface area contributed by atoms with Gasteiger partial charge in [0.25, 0.3) is 5.91 Å². The second-order valence-electron chi connectivity index (χ2n) is 6.28. The van der Waals surface area contributed by atoms with Crippen molar-refractivity contribution in [2.45, 2.75) is 26.3 Å². The molecule has 0 spiro atoms. The Morgan fingerprint density at radius 3 is 2.60 bits per heavy atom. The van der Waals surface area contributed by atoms with E-state index in [9.17, 15) is 14.3 Å². The van der Waals surface area contributed by atoms with Gasteiger partial charge in [-0.3, -0.25) is 4.79 Å². The summed E-state index contributed by atoms with van der Waals surface area (Å²) in [7, 11) is 0. The largest absolute Gasteiger partial charge is 0.493 e. The van der Waals surface area contributed by atoms with Gasteiger partial charge >= 0.3 is 0 Å². The first-order chi connectivity index (χ1) is 11.6. The van der Waals surface area contributed by atoms with Gasteiger partial charge in [0.1, 0.15) is 11.6 Å². The lowest BCUT2D eigenvalue weighted by atomic mass is 10.1. The number of rotatable bonds is 2. The summed E-state index contributed by atoms with van der Waals surface area (Å²) in [6.07, 6.45) is 0. The first kappa shape index (κ1) is 18.7. The zero-order valence-corrected chi connectivity index (χ0v) is 14.7. The van der Waals surface area contributed by atoms with Gasteiger partial charge in [-0.2, -0.15) is 9.98 Å². The third-order valence-electron chi connectivity index (χ3n) is 2.85. The van der Waals surface area contributed by atoms with Crippen molar-refractivity contribution in [2.75, 3.05) is 5.32 Å². The molecular formula is C17H18ClFN4O2.